The van der Waals surface area contributed by atoms with Gasteiger partial charge in [-0.3, -0.25) is 0 Å². The molecule has 0 aromatic heterocycles. The SMILES string of the molecule is [2H]c1c([2H])c(C)c([2H])c(OCC(O)C([2H])([2H])CCC([2H])([2H])c2c([2H])c([2H])c(OC)c(OC([2H])([2H])[2H])c2[2H])c1[2H]. The molecule has 0 radical (unpaired) electrons. The lowest BCUT2D eigenvalue weighted by Gasteiger charge is -2.13. The molecule has 2 aromatic carbocycles. The lowest BCUT2D eigenvalue weighted by molar-refractivity contribution is 0.0976. The Kier molecular flexibility index (Phi) is 3.02. The second-order valence-electron chi connectivity index (χ2n) is 4.88. The van der Waals surface area contributed by atoms with Gasteiger partial charge < -0.3 is 19.3 Å². The summed E-state index contributed by atoms with van der Waals surface area (Å²) in [6, 6.07) is -4.15. The van der Waals surface area contributed by atoms with E-state index < -0.39 is 98.4 Å². The zero-order valence-electron chi connectivity index (χ0n) is 27.9. The monoisotopic (exact) mass is 358 g/mol. The highest BCUT2D eigenvalue weighted by atomic mass is 16.5. The highest BCUT2D eigenvalue weighted by Crippen LogP contribution is 2.28. The third kappa shape index (κ3) is 6.31. The average molecular weight is 359 g/mol. The Bertz CT molecular complexity index is 1200. The molecule has 0 aliphatic carbocycles. The molecule has 2 aromatic rings. The summed E-state index contributed by atoms with van der Waals surface area (Å²) in [5, 5.41) is 10.4. The quantitative estimate of drug-likeness (QED) is 0.693. The highest BCUT2D eigenvalue weighted by molar-refractivity contribution is 5.42. The normalized spacial score (nSPS) is 21.6. The Morgan fingerprint density at radius 3 is 2.84 bits per heavy atom. The Morgan fingerprint density at radius 2 is 2.04 bits per heavy atom. The number of methoxy groups -OCH3 is 2. The number of aliphatic hydroxyl groups is 1. The van der Waals surface area contributed by atoms with Crippen molar-refractivity contribution < 1.29 is 38.5 Å². The lowest BCUT2D eigenvalue weighted by atomic mass is 10.0. The van der Waals surface area contributed by atoms with Gasteiger partial charge in [-0.05, 0) is 61.4 Å². The molecule has 2 rings (SSSR count). The van der Waals surface area contributed by atoms with Gasteiger partial charge in [0, 0.05) is 5.48 Å². The Labute approximate surface area is 170 Å². The molecule has 1 N–H and O–H groups in total. The minimum absolute atomic E-state index is 0.0594. The standard InChI is InChI=1S/C21H28O4/c1-16-7-6-10-19(13-16)25-15-18(22)9-5-4-8-17-11-12-20(23-2)21(14-17)24-3/h6-7,10-14,18,22H,4-5,8-9,15H2,1-3H3/i3D3,6D,7D,8D2,9D2,10D,11D,12D,13D,14D. The lowest BCUT2D eigenvalue weighted by Crippen LogP contribution is -2.17. The first kappa shape index (κ1) is 7.58. The molecule has 0 aliphatic heterocycles. The van der Waals surface area contributed by atoms with E-state index >= 15 is 0 Å². The molecule has 0 aliphatic rings. The molecule has 0 spiro atoms. The first-order valence-corrected chi connectivity index (χ1v) is 7.43. The number of benzene rings is 2. The molecule has 1 unspecified atom stereocenters. The van der Waals surface area contributed by atoms with Gasteiger partial charge >= 0.3 is 0 Å². The summed E-state index contributed by atoms with van der Waals surface area (Å²) in [6.07, 6.45) is -8.48. The number of rotatable bonds is 10. The van der Waals surface area contributed by atoms with Crippen molar-refractivity contribution in [3.05, 3.63) is 53.4 Å². The molecule has 0 heterocycles. The van der Waals surface area contributed by atoms with Crippen LogP contribution in [0.3, 0.4) is 0 Å². The van der Waals surface area contributed by atoms with Crippen molar-refractivity contribution in [1.82, 2.24) is 0 Å². The van der Waals surface area contributed by atoms with Gasteiger partial charge in [-0.15, -0.1) is 0 Å². The first-order chi connectivity index (χ1) is 17.7. The molecule has 4 heteroatoms. The average Bonchev–Trinajstić information content (AvgIpc) is 2.83. The van der Waals surface area contributed by atoms with Crippen molar-refractivity contribution in [2.24, 2.45) is 0 Å². The van der Waals surface area contributed by atoms with Crippen molar-refractivity contribution in [2.45, 2.75) is 38.6 Å². The van der Waals surface area contributed by atoms with Crippen LogP contribution >= 0.6 is 0 Å². The van der Waals surface area contributed by atoms with E-state index in [2.05, 4.69) is 0 Å². The van der Waals surface area contributed by atoms with Gasteiger partial charge in [0.15, 0.2) is 11.5 Å². The minimum Gasteiger partial charge on any atom is -0.493 e. The minimum atomic E-state index is -3.08. The van der Waals surface area contributed by atoms with Crippen molar-refractivity contribution >= 4 is 0 Å². The molecule has 0 bridgehead atoms. The molecule has 25 heavy (non-hydrogen) atoms. The van der Waals surface area contributed by atoms with E-state index in [1.807, 2.05) is 0 Å². The smallest absolute Gasteiger partial charge is 0.160 e. The Balaban J connectivity index is 2.31. The molecule has 0 fully saturated rings. The van der Waals surface area contributed by atoms with Crippen LogP contribution in [0.5, 0.6) is 17.2 Å². The number of hydrogen-bond donors (Lipinski definition) is 1. The van der Waals surface area contributed by atoms with Crippen LogP contribution in [0.2, 0.25) is 0 Å². The van der Waals surface area contributed by atoms with Crippen LogP contribution < -0.4 is 14.2 Å². The third-order valence-corrected chi connectivity index (χ3v) is 2.97. The van der Waals surface area contributed by atoms with Gasteiger partial charge in [-0.25, -0.2) is 0 Å². The van der Waals surface area contributed by atoms with Crippen LogP contribution in [0.1, 0.15) is 49.5 Å². The fourth-order valence-electron chi connectivity index (χ4n) is 1.82. The molecular weight excluding hydrogens is 316 g/mol. The highest BCUT2D eigenvalue weighted by Gasteiger charge is 2.07. The van der Waals surface area contributed by atoms with Crippen molar-refractivity contribution in [3.63, 3.8) is 0 Å². The predicted octanol–water partition coefficient (Wildman–Crippen LogP) is 4.16. The van der Waals surface area contributed by atoms with Crippen molar-refractivity contribution in [3.8, 4) is 17.2 Å². The fourth-order valence-corrected chi connectivity index (χ4v) is 1.82. The van der Waals surface area contributed by atoms with Crippen molar-refractivity contribution in [2.75, 3.05) is 20.8 Å². The summed E-state index contributed by atoms with van der Waals surface area (Å²) in [5.41, 5.74) is -0.662. The molecular formula is C21H28O4. The predicted molar refractivity (Wildman–Crippen MR) is 99.8 cm³/mol. The van der Waals surface area contributed by atoms with Gasteiger partial charge in [0.05, 0.1) is 34.0 Å². The first-order valence-electron chi connectivity index (χ1n) is 14.4. The zero-order valence-corrected chi connectivity index (χ0v) is 13.9. The van der Waals surface area contributed by atoms with E-state index in [1.165, 1.54) is 6.92 Å². The second kappa shape index (κ2) is 9.94. The largest absolute Gasteiger partial charge is 0.493 e. The Hall–Kier alpha value is -2.20. The van der Waals surface area contributed by atoms with Crippen LogP contribution in [-0.4, -0.2) is 32.0 Å². The maximum absolute atomic E-state index is 10.4. The van der Waals surface area contributed by atoms with E-state index in [1.54, 1.807) is 0 Å². The zero-order chi connectivity index (χ0) is 30.2. The van der Waals surface area contributed by atoms with Gasteiger partial charge in [0.1, 0.15) is 12.4 Å². The van der Waals surface area contributed by atoms with E-state index in [9.17, 15) is 5.11 Å². The maximum atomic E-state index is 10.4. The number of aliphatic hydroxyl groups excluding tert-OH is 1. The molecule has 136 valence electrons. The maximum Gasteiger partial charge on any atom is 0.160 e. The van der Waals surface area contributed by atoms with E-state index in [0.717, 1.165) is 7.11 Å². The molecule has 0 saturated carbocycles. The number of ether oxygens (including phenoxy) is 3. The van der Waals surface area contributed by atoms with E-state index in [4.69, 9.17) is 33.4 Å². The summed E-state index contributed by atoms with van der Waals surface area (Å²) in [7, 11) is -2.02. The van der Waals surface area contributed by atoms with Crippen LogP contribution in [0.4, 0.5) is 0 Å². The second-order valence-corrected chi connectivity index (χ2v) is 4.88. The van der Waals surface area contributed by atoms with Gasteiger partial charge in [-0.2, -0.15) is 0 Å². The van der Waals surface area contributed by atoms with Gasteiger partial charge in [-0.1, -0.05) is 24.5 Å². The summed E-state index contributed by atoms with van der Waals surface area (Å²) < 4.78 is 126. The van der Waals surface area contributed by atoms with E-state index in [0.29, 0.717) is 0 Å². The van der Waals surface area contributed by atoms with Crippen LogP contribution in [0.15, 0.2) is 42.3 Å². The Morgan fingerprint density at radius 1 is 1.16 bits per heavy atom. The topological polar surface area (TPSA) is 47.9 Å². The van der Waals surface area contributed by atoms with Gasteiger partial charge in [0.2, 0.25) is 0 Å². The summed E-state index contributed by atoms with van der Waals surface area (Å²) in [6.45, 7) is 0.608. The summed E-state index contributed by atoms with van der Waals surface area (Å²) in [5.74, 6) is -1.73. The summed E-state index contributed by atoms with van der Waals surface area (Å²) >= 11 is 0. The third-order valence-electron chi connectivity index (χ3n) is 2.97. The molecule has 4 nitrogen and oxygen atoms in total. The molecule has 0 amide bonds. The van der Waals surface area contributed by atoms with Crippen LogP contribution in [-0.2, 0) is 6.37 Å². The van der Waals surface area contributed by atoms with Crippen LogP contribution in [0, 0.1) is 6.92 Å². The van der Waals surface area contributed by atoms with Gasteiger partial charge in [0.25, 0.3) is 0 Å². The summed E-state index contributed by atoms with van der Waals surface area (Å²) in [4.78, 5) is 0. The van der Waals surface area contributed by atoms with Crippen LogP contribution in [0.25, 0.3) is 0 Å². The fraction of sp³-hybridized carbons (Fsp3) is 0.429. The van der Waals surface area contributed by atoms with E-state index in [-0.39, 0.29) is 17.6 Å². The molecule has 0 saturated heterocycles. The van der Waals surface area contributed by atoms with Crippen molar-refractivity contribution in [1.29, 1.82) is 0 Å². The number of hydrogen-bond acceptors (Lipinski definition) is 4. The molecule has 1 atom stereocenters.